The van der Waals surface area contributed by atoms with Gasteiger partial charge in [-0.1, -0.05) is 60.7 Å². The smallest absolute Gasteiger partial charge is 0.206 e. The minimum atomic E-state index is -0.452. The molecular formula is C21H23N5O3. The lowest BCUT2D eigenvalue weighted by Gasteiger charge is -2.35. The second-order valence-corrected chi connectivity index (χ2v) is 6.78. The van der Waals surface area contributed by atoms with Crippen molar-refractivity contribution in [2.45, 2.75) is 31.5 Å². The average molecular weight is 393 g/mol. The molecule has 2 aromatic carbocycles. The Labute approximate surface area is 168 Å². The maximum atomic E-state index is 6.51. The Bertz CT molecular complexity index is 903. The molecule has 1 aliphatic heterocycles. The summed E-state index contributed by atoms with van der Waals surface area (Å²) in [6, 6.07) is 19.4. The zero-order valence-corrected chi connectivity index (χ0v) is 15.8. The van der Waals surface area contributed by atoms with Gasteiger partial charge in [0.25, 0.3) is 0 Å². The summed E-state index contributed by atoms with van der Waals surface area (Å²) >= 11 is 0. The van der Waals surface area contributed by atoms with Gasteiger partial charge < -0.3 is 19.9 Å². The number of hydrogen-bond donors (Lipinski definition) is 2. The number of nitrogens with one attached hydrogen (secondary N) is 1. The quantitative estimate of drug-likeness (QED) is 0.603. The molecule has 1 aromatic heterocycles. The third kappa shape index (κ3) is 4.86. The third-order valence-electron chi connectivity index (χ3n) is 4.72. The van der Waals surface area contributed by atoms with Crippen LogP contribution in [-0.2, 0) is 27.4 Å². The molecule has 0 aliphatic carbocycles. The summed E-state index contributed by atoms with van der Waals surface area (Å²) in [5, 5.41) is 14.2. The Balaban J connectivity index is 1.43. The average Bonchev–Trinajstić information content (AvgIpc) is 3.30. The molecule has 0 spiro atoms. The van der Waals surface area contributed by atoms with Crippen LogP contribution in [0.3, 0.4) is 0 Å². The van der Waals surface area contributed by atoms with E-state index in [-0.39, 0.29) is 6.10 Å². The fourth-order valence-electron chi connectivity index (χ4n) is 3.16. The van der Waals surface area contributed by atoms with E-state index in [0.717, 1.165) is 11.1 Å². The van der Waals surface area contributed by atoms with Crippen molar-refractivity contribution in [1.82, 2.24) is 20.6 Å². The van der Waals surface area contributed by atoms with Crippen molar-refractivity contribution in [3.8, 4) is 0 Å². The Hall–Kier alpha value is -3.07. The summed E-state index contributed by atoms with van der Waals surface area (Å²) in [7, 11) is 0. The van der Waals surface area contributed by atoms with E-state index in [9.17, 15) is 0 Å². The van der Waals surface area contributed by atoms with Crippen LogP contribution in [0.15, 0.2) is 66.9 Å². The molecule has 2 heterocycles. The van der Waals surface area contributed by atoms with Crippen LogP contribution in [0.1, 0.15) is 17.0 Å². The summed E-state index contributed by atoms with van der Waals surface area (Å²) < 4.78 is 17.8. The molecule has 29 heavy (non-hydrogen) atoms. The van der Waals surface area contributed by atoms with Gasteiger partial charge in [-0.25, -0.2) is 0 Å². The number of ether oxygens (including phenoxy) is 3. The number of aromatic amines is 1. The number of benzene rings is 2. The molecule has 150 valence electrons. The maximum Gasteiger partial charge on any atom is 0.206 e. The predicted molar refractivity (Wildman–Crippen MR) is 106 cm³/mol. The second kappa shape index (κ2) is 9.42. The van der Waals surface area contributed by atoms with Crippen molar-refractivity contribution in [2.24, 2.45) is 5.73 Å². The summed E-state index contributed by atoms with van der Waals surface area (Å²) in [5.41, 5.74) is 9.31. The van der Waals surface area contributed by atoms with Gasteiger partial charge in [-0.05, 0) is 16.3 Å². The summed E-state index contributed by atoms with van der Waals surface area (Å²) in [6.07, 6.45) is 0.794. The van der Waals surface area contributed by atoms with Gasteiger partial charge >= 0.3 is 0 Å². The predicted octanol–water partition coefficient (Wildman–Crippen LogP) is 2.07. The highest BCUT2D eigenvalue weighted by Crippen LogP contribution is 2.27. The van der Waals surface area contributed by atoms with E-state index < -0.39 is 12.1 Å². The molecule has 0 amide bonds. The van der Waals surface area contributed by atoms with Crippen LogP contribution in [0.4, 0.5) is 0 Å². The minimum Gasteiger partial charge on any atom is -0.493 e. The number of nitrogens with zero attached hydrogens (tertiary/aromatic N) is 3. The number of hydrogen-bond acceptors (Lipinski definition) is 7. The number of H-pyrrole nitrogens is 1. The van der Waals surface area contributed by atoms with Crippen molar-refractivity contribution in [3.05, 3.63) is 83.9 Å². The lowest BCUT2D eigenvalue weighted by atomic mass is 9.96. The fourth-order valence-corrected chi connectivity index (χ4v) is 3.16. The van der Waals surface area contributed by atoms with Gasteiger partial charge in [0.05, 0.1) is 37.7 Å². The Morgan fingerprint density at radius 3 is 2.31 bits per heavy atom. The summed E-state index contributed by atoms with van der Waals surface area (Å²) in [4.78, 5) is 0. The molecule has 0 unspecified atom stereocenters. The highest BCUT2D eigenvalue weighted by Gasteiger charge is 2.37. The number of rotatable bonds is 8. The van der Waals surface area contributed by atoms with Crippen LogP contribution in [0.25, 0.3) is 5.57 Å². The normalized spacial score (nSPS) is 21.4. The highest BCUT2D eigenvalue weighted by molar-refractivity contribution is 5.64. The van der Waals surface area contributed by atoms with Crippen molar-refractivity contribution >= 4 is 5.57 Å². The molecule has 3 atom stereocenters. The molecule has 8 heteroatoms. The van der Waals surface area contributed by atoms with E-state index in [1.165, 1.54) is 0 Å². The second-order valence-electron chi connectivity index (χ2n) is 6.78. The first-order chi connectivity index (χ1) is 14.3. The molecule has 8 nitrogen and oxygen atoms in total. The largest absolute Gasteiger partial charge is 0.493 e. The van der Waals surface area contributed by atoms with Gasteiger partial charge in [0.1, 0.15) is 12.2 Å². The fraction of sp³-hybridized carbons (Fsp3) is 0.286. The van der Waals surface area contributed by atoms with Gasteiger partial charge in [0.2, 0.25) is 5.82 Å². The van der Waals surface area contributed by atoms with E-state index in [0.29, 0.717) is 31.2 Å². The molecule has 0 saturated carbocycles. The number of aromatic nitrogens is 4. The van der Waals surface area contributed by atoms with Crippen LogP contribution in [-0.4, -0.2) is 45.5 Å². The topological polar surface area (TPSA) is 108 Å². The Morgan fingerprint density at radius 1 is 0.966 bits per heavy atom. The minimum absolute atomic E-state index is 0.345. The molecule has 0 radical (unpaired) electrons. The lowest BCUT2D eigenvalue weighted by Crippen LogP contribution is -2.51. The van der Waals surface area contributed by atoms with Crippen LogP contribution >= 0.6 is 0 Å². The monoisotopic (exact) mass is 393 g/mol. The molecular weight excluding hydrogens is 370 g/mol. The van der Waals surface area contributed by atoms with Crippen LogP contribution in [0.5, 0.6) is 0 Å². The maximum absolute atomic E-state index is 6.51. The molecule has 1 aliphatic rings. The molecule has 0 bridgehead atoms. The van der Waals surface area contributed by atoms with Gasteiger partial charge in [0.15, 0.2) is 0 Å². The van der Waals surface area contributed by atoms with Crippen molar-refractivity contribution < 1.29 is 14.2 Å². The summed E-state index contributed by atoms with van der Waals surface area (Å²) in [6.45, 7) is 1.24. The lowest BCUT2D eigenvalue weighted by molar-refractivity contribution is -0.0425. The standard InChI is InChI=1S/C21H23N5O3/c22-19-18(14-27-11-15-7-3-1-4-8-15)28-13-17(21-23-25-26-24-21)20(19)29-12-16-9-5-2-6-10-16/h1-10,13,18-20H,11-12,14,22H2,(H,23,24,25,26)/t18-,19+,20-/m1/s1. The van der Waals surface area contributed by atoms with Gasteiger partial charge in [0, 0.05) is 0 Å². The number of nitrogens with two attached hydrogens (primary N) is 1. The van der Waals surface area contributed by atoms with E-state index in [1.54, 1.807) is 6.26 Å². The van der Waals surface area contributed by atoms with E-state index in [4.69, 9.17) is 19.9 Å². The van der Waals surface area contributed by atoms with Gasteiger partial charge in [-0.15, -0.1) is 10.2 Å². The molecule has 0 saturated heterocycles. The van der Waals surface area contributed by atoms with Crippen LogP contribution < -0.4 is 5.73 Å². The highest BCUT2D eigenvalue weighted by atomic mass is 16.5. The number of tetrazole rings is 1. The van der Waals surface area contributed by atoms with Crippen molar-refractivity contribution in [3.63, 3.8) is 0 Å². The molecule has 3 N–H and O–H groups in total. The summed E-state index contributed by atoms with van der Waals surface area (Å²) in [5.74, 6) is 0.405. The van der Waals surface area contributed by atoms with E-state index in [2.05, 4.69) is 20.6 Å². The molecule has 0 fully saturated rings. The molecule has 4 rings (SSSR count). The Kier molecular flexibility index (Phi) is 6.25. The van der Waals surface area contributed by atoms with Crippen molar-refractivity contribution in [2.75, 3.05) is 6.61 Å². The van der Waals surface area contributed by atoms with Gasteiger partial charge in [-0.2, -0.15) is 5.21 Å². The zero-order chi connectivity index (χ0) is 19.9. The van der Waals surface area contributed by atoms with Crippen molar-refractivity contribution in [1.29, 1.82) is 0 Å². The molecule has 3 aromatic rings. The van der Waals surface area contributed by atoms with Crippen LogP contribution in [0.2, 0.25) is 0 Å². The first-order valence-corrected chi connectivity index (χ1v) is 9.43. The van der Waals surface area contributed by atoms with E-state index in [1.807, 2.05) is 60.7 Å². The van der Waals surface area contributed by atoms with Gasteiger partial charge in [-0.3, -0.25) is 0 Å². The first kappa shape index (κ1) is 19.3. The SMILES string of the molecule is N[C@@H]1[C@H](OCc2ccccc2)C(c2nn[nH]n2)=CO[C@@H]1COCc1ccccc1. The first-order valence-electron chi connectivity index (χ1n) is 9.43. The zero-order valence-electron chi connectivity index (χ0n) is 15.8. The third-order valence-corrected chi connectivity index (χ3v) is 4.72. The van der Waals surface area contributed by atoms with E-state index >= 15 is 0 Å². The van der Waals surface area contributed by atoms with Crippen LogP contribution in [0, 0.1) is 0 Å². The Morgan fingerprint density at radius 2 is 1.66 bits per heavy atom.